The molecule has 190 valence electrons. The second-order valence-corrected chi connectivity index (χ2v) is 8.57. The molecule has 3 rings (SSSR count). The van der Waals surface area contributed by atoms with Crippen molar-refractivity contribution in [3.8, 4) is 11.8 Å². The van der Waals surface area contributed by atoms with Crippen molar-refractivity contribution < 1.29 is 24.7 Å². The molecule has 0 bridgehead atoms. The second kappa shape index (κ2) is 12.8. The van der Waals surface area contributed by atoms with Crippen molar-refractivity contribution in [1.29, 1.82) is 0 Å². The van der Waals surface area contributed by atoms with Crippen LogP contribution in [0.5, 0.6) is 0 Å². The van der Waals surface area contributed by atoms with E-state index in [0.29, 0.717) is 22.4 Å². The zero-order chi connectivity index (χ0) is 26.1. The molecule has 0 radical (unpaired) electrons. The Morgan fingerprint density at radius 1 is 1.06 bits per heavy atom. The smallest absolute Gasteiger partial charge is 0.269 e. The number of anilines is 1. The fourth-order valence-electron chi connectivity index (χ4n) is 3.99. The number of piperidine rings is 1. The van der Waals surface area contributed by atoms with E-state index in [1.54, 1.807) is 54.0 Å². The Morgan fingerprint density at radius 2 is 1.61 bits per heavy atom. The van der Waals surface area contributed by atoms with Crippen LogP contribution in [0.3, 0.4) is 0 Å². The number of amides is 3. The van der Waals surface area contributed by atoms with Crippen LogP contribution in [-0.4, -0.2) is 65.9 Å². The molecular weight excluding hydrogens is 462 g/mol. The number of carbonyl (C=O) groups excluding carboxylic acids is 3. The maximum absolute atomic E-state index is 13.2. The van der Waals surface area contributed by atoms with Gasteiger partial charge in [-0.3, -0.25) is 24.5 Å². The van der Waals surface area contributed by atoms with E-state index in [2.05, 4.69) is 22.5 Å². The third kappa shape index (κ3) is 7.13. The molecule has 2 atom stereocenters. The monoisotopic (exact) mass is 493 g/mol. The van der Waals surface area contributed by atoms with Crippen LogP contribution in [0.25, 0.3) is 0 Å². The lowest BCUT2D eigenvalue weighted by Gasteiger charge is -2.33. The summed E-state index contributed by atoms with van der Waals surface area (Å²) in [7, 11) is 0. The Bertz CT molecular complexity index is 1120. The first-order valence-electron chi connectivity index (χ1n) is 11.7. The zero-order valence-electron chi connectivity index (χ0n) is 20.0. The van der Waals surface area contributed by atoms with Crippen LogP contribution in [-0.2, 0) is 9.59 Å². The number of nitrogens with zero attached hydrogens (tertiary/aromatic N) is 1. The van der Waals surface area contributed by atoms with Gasteiger partial charge in [0.05, 0.1) is 12.6 Å². The van der Waals surface area contributed by atoms with Crippen LogP contribution in [0.2, 0.25) is 0 Å². The molecular formula is C26H31N5O5. The fourth-order valence-corrected chi connectivity index (χ4v) is 3.99. The molecule has 10 nitrogen and oxygen atoms in total. The highest BCUT2D eigenvalue weighted by Gasteiger charge is 2.35. The van der Waals surface area contributed by atoms with Crippen molar-refractivity contribution in [2.75, 3.05) is 24.5 Å². The zero-order valence-corrected chi connectivity index (χ0v) is 20.0. The van der Waals surface area contributed by atoms with Gasteiger partial charge in [0.2, 0.25) is 11.8 Å². The van der Waals surface area contributed by atoms with Crippen molar-refractivity contribution in [3.05, 3.63) is 65.2 Å². The molecule has 1 fully saturated rings. The summed E-state index contributed by atoms with van der Waals surface area (Å²) in [6.45, 7) is 3.06. The number of benzene rings is 2. The standard InChI is InChI=1S/C26H31N5O5/c1-17(32)24(26(35)30-36)31(23(33)16-29-21-12-14-28-15-13-21)22-10-6-19(7-11-22)3-2-18-4-8-20(9-5-18)25(27)34/h4-11,17,21,24,28-29,32,36H,12-16H2,1H3,(H2,27,34)(H,30,35)/t17-,24+/m1/s1. The van der Waals surface area contributed by atoms with Gasteiger partial charge in [-0.15, -0.1) is 0 Å². The third-order valence-corrected chi connectivity index (χ3v) is 5.93. The van der Waals surface area contributed by atoms with Crippen LogP contribution in [0.4, 0.5) is 5.69 Å². The number of hydroxylamine groups is 1. The topological polar surface area (TPSA) is 157 Å². The summed E-state index contributed by atoms with van der Waals surface area (Å²) >= 11 is 0. The minimum atomic E-state index is -1.34. The summed E-state index contributed by atoms with van der Waals surface area (Å²) in [5, 5.41) is 26.0. The summed E-state index contributed by atoms with van der Waals surface area (Å²) in [5.41, 5.74) is 8.90. The minimum Gasteiger partial charge on any atom is -0.391 e. The van der Waals surface area contributed by atoms with E-state index < -0.39 is 29.9 Å². The van der Waals surface area contributed by atoms with Gasteiger partial charge in [0.25, 0.3) is 5.91 Å². The predicted octanol–water partition coefficient (Wildman–Crippen LogP) is 0.115. The molecule has 1 aliphatic rings. The molecule has 2 aromatic carbocycles. The number of nitrogens with two attached hydrogens (primary N) is 1. The largest absolute Gasteiger partial charge is 0.391 e. The number of hydrogen-bond acceptors (Lipinski definition) is 7. The summed E-state index contributed by atoms with van der Waals surface area (Å²) in [4.78, 5) is 38.0. The van der Waals surface area contributed by atoms with E-state index in [9.17, 15) is 24.7 Å². The van der Waals surface area contributed by atoms with Crippen LogP contribution in [0.15, 0.2) is 48.5 Å². The summed E-state index contributed by atoms with van der Waals surface area (Å²) in [5.74, 6) is 4.16. The Balaban J connectivity index is 1.81. The van der Waals surface area contributed by atoms with Crippen LogP contribution in [0, 0.1) is 11.8 Å². The lowest BCUT2D eigenvalue weighted by molar-refractivity contribution is -0.135. The van der Waals surface area contributed by atoms with Crippen LogP contribution >= 0.6 is 0 Å². The van der Waals surface area contributed by atoms with E-state index in [-0.39, 0.29) is 12.6 Å². The van der Waals surface area contributed by atoms with E-state index in [0.717, 1.165) is 25.9 Å². The average Bonchev–Trinajstić information content (AvgIpc) is 2.89. The molecule has 0 aromatic heterocycles. The van der Waals surface area contributed by atoms with Crippen molar-refractivity contribution in [1.82, 2.24) is 16.1 Å². The molecule has 0 unspecified atom stereocenters. The van der Waals surface area contributed by atoms with E-state index >= 15 is 0 Å². The number of aliphatic hydroxyl groups excluding tert-OH is 1. The van der Waals surface area contributed by atoms with Gasteiger partial charge in [0.1, 0.15) is 6.04 Å². The first-order valence-corrected chi connectivity index (χ1v) is 11.7. The van der Waals surface area contributed by atoms with Crippen molar-refractivity contribution in [2.24, 2.45) is 5.73 Å². The van der Waals surface area contributed by atoms with Gasteiger partial charge in [-0.25, -0.2) is 5.48 Å². The first-order chi connectivity index (χ1) is 17.3. The Hall–Kier alpha value is -3.75. The van der Waals surface area contributed by atoms with Crippen molar-refractivity contribution >= 4 is 23.4 Å². The molecule has 36 heavy (non-hydrogen) atoms. The van der Waals surface area contributed by atoms with Gasteiger partial charge >= 0.3 is 0 Å². The highest BCUT2D eigenvalue weighted by Crippen LogP contribution is 2.21. The van der Waals surface area contributed by atoms with Crippen molar-refractivity contribution in [3.63, 3.8) is 0 Å². The summed E-state index contributed by atoms with van der Waals surface area (Å²) in [6, 6.07) is 12.0. The third-order valence-electron chi connectivity index (χ3n) is 5.93. The van der Waals surface area contributed by atoms with Gasteiger partial charge in [0.15, 0.2) is 0 Å². The van der Waals surface area contributed by atoms with Crippen molar-refractivity contribution in [2.45, 2.75) is 38.0 Å². The number of aliphatic hydroxyl groups is 1. The molecule has 10 heteroatoms. The highest BCUT2D eigenvalue weighted by atomic mass is 16.5. The van der Waals surface area contributed by atoms with E-state index in [1.807, 2.05) is 0 Å². The molecule has 0 aliphatic carbocycles. The normalized spacial score (nSPS) is 15.2. The molecule has 1 heterocycles. The second-order valence-electron chi connectivity index (χ2n) is 8.57. The van der Waals surface area contributed by atoms with E-state index in [1.165, 1.54) is 11.8 Å². The summed E-state index contributed by atoms with van der Waals surface area (Å²) < 4.78 is 0. The summed E-state index contributed by atoms with van der Waals surface area (Å²) in [6.07, 6.45) is 0.508. The Kier molecular flexibility index (Phi) is 9.55. The highest BCUT2D eigenvalue weighted by molar-refractivity contribution is 6.01. The first kappa shape index (κ1) is 26.8. The Labute approximate surface area is 209 Å². The molecule has 1 aliphatic heterocycles. The average molecular weight is 494 g/mol. The molecule has 7 N–H and O–H groups in total. The van der Waals surface area contributed by atoms with Gasteiger partial charge < -0.3 is 21.5 Å². The number of hydrogen-bond donors (Lipinski definition) is 6. The molecule has 1 saturated heterocycles. The molecule has 0 saturated carbocycles. The maximum atomic E-state index is 13.2. The van der Waals surface area contributed by atoms with Gasteiger partial charge in [-0.2, -0.15) is 0 Å². The predicted molar refractivity (Wildman–Crippen MR) is 134 cm³/mol. The van der Waals surface area contributed by atoms with Gasteiger partial charge in [0, 0.05) is 28.4 Å². The number of rotatable bonds is 8. The molecule has 3 amide bonds. The van der Waals surface area contributed by atoms with E-state index in [4.69, 9.17) is 5.73 Å². The Morgan fingerprint density at radius 3 is 2.11 bits per heavy atom. The number of primary amides is 1. The fraction of sp³-hybridized carbons (Fsp3) is 0.346. The minimum absolute atomic E-state index is 0.0323. The lowest BCUT2D eigenvalue weighted by Crippen LogP contribution is -2.57. The molecule has 2 aromatic rings. The van der Waals surface area contributed by atoms with Crippen LogP contribution in [0.1, 0.15) is 41.3 Å². The van der Waals surface area contributed by atoms with Crippen LogP contribution < -0.4 is 26.7 Å². The van der Waals surface area contributed by atoms with Gasteiger partial charge in [-0.1, -0.05) is 11.8 Å². The number of carbonyl (C=O) groups is 3. The quantitative estimate of drug-likeness (QED) is 0.173. The molecule has 0 spiro atoms. The number of nitrogens with one attached hydrogen (secondary N) is 3. The van der Waals surface area contributed by atoms with Gasteiger partial charge in [-0.05, 0) is 81.4 Å². The SMILES string of the molecule is C[C@@H](O)[C@@H](C(=O)NO)N(C(=O)CNC1CCNCC1)c1ccc(C#Cc2ccc(C(N)=O)cc2)cc1. The lowest BCUT2D eigenvalue weighted by atomic mass is 10.1. The maximum Gasteiger partial charge on any atom is 0.269 e.